The summed E-state index contributed by atoms with van der Waals surface area (Å²) in [5, 5.41) is 0. The van der Waals surface area contributed by atoms with Gasteiger partial charge in [0.05, 0.1) is 7.11 Å². The topological polar surface area (TPSA) is 69.7 Å². The molecule has 5 heteroatoms. The van der Waals surface area contributed by atoms with E-state index >= 15 is 0 Å². The Morgan fingerprint density at radius 2 is 1.83 bits per heavy atom. The summed E-state index contributed by atoms with van der Waals surface area (Å²) in [7, 11) is 1.27. The number of hydrogen-bond acceptors (Lipinski definition) is 5. The van der Waals surface area contributed by atoms with Crippen molar-refractivity contribution in [2.75, 3.05) is 7.11 Å². The second-order valence-corrected chi connectivity index (χ2v) is 2.02. The molecule has 0 aliphatic heterocycles. The number of carbonyl (C=O) groups is 3. The van der Waals surface area contributed by atoms with Crippen LogP contribution in [-0.2, 0) is 23.9 Å². The molecule has 68 valence electrons. The molecule has 0 bridgehead atoms. The molecular weight excluding hydrogens is 164 g/mol. The molecule has 5 nitrogen and oxygen atoms in total. The lowest BCUT2D eigenvalue weighted by atomic mass is 10.2. The normalized spacial score (nSPS) is 8.75. The molecule has 0 aromatic rings. The average molecular weight is 174 g/mol. The van der Waals surface area contributed by atoms with Crippen molar-refractivity contribution in [3.8, 4) is 0 Å². The smallest absolute Gasteiger partial charge is 0.313 e. The lowest BCUT2D eigenvalue weighted by molar-refractivity contribution is -0.151. The van der Waals surface area contributed by atoms with Crippen LogP contribution in [0.3, 0.4) is 0 Å². The van der Waals surface area contributed by atoms with Crippen molar-refractivity contribution >= 4 is 18.4 Å². The summed E-state index contributed by atoms with van der Waals surface area (Å²) in [5.41, 5.74) is 0. The van der Waals surface area contributed by atoms with E-state index in [1.54, 1.807) is 0 Å². The van der Waals surface area contributed by atoms with Gasteiger partial charge in [-0.25, -0.2) is 0 Å². The molecule has 0 saturated heterocycles. The maximum Gasteiger partial charge on any atom is 0.313 e. The molecule has 0 saturated carbocycles. The van der Waals surface area contributed by atoms with E-state index in [0.717, 1.165) is 0 Å². The van der Waals surface area contributed by atoms with E-state index in [4.69, 9.17) is 0 Å². The number of rotatable bonds is 5. The van der Waals surface area contributed by atoms with Gasteiger partial charge in [-0.05, 0) is 6.42 Å². The first-order chi connectivity index (χ1) is 5.70. The average Bonchev–Trinajstić information content (AvgIpc) is 2.04. The number of esters is 2. The van der Waals surface area contributed by atoms with Crippen molar-refractivity contribution in [3.05, 3.63) is 0 Å². The summed E-state index contributed by atoms with van der Waals surface area (Å²) in [5.74, 6) is -1.01. The molecule has 0 fully saturated rings. The van der Waals surface area contributed by atoms with Crippen LogP contribution in [0.15, 0.2) is 0 Å². The first kappa shape index (κ1) is 10.6. The number of carbonyl (C=O) groups excluding carboxylic acids is 3. The first-order valence-corrected chi connectivity index (χ1v) is 3.40. The van der Waals surface area contributed by atoms with Gasteiger partial charge >= 0.3 is 18.4 Å². The van der Waals surface area contributed by atoms with Crippen LogP contribution in [0, 0.1) is 0 Å². The van der Waals surface area contributed by atoms with Crippen molar-refractivity contribution in [1.29, 1.82) is 0 Å². The van der Waals surface area contributed by atoms with Gasteiger partial charge in [-0.2, -0.15) is 0 Å². The molecule has 0 rings (SSSR count). The highest BCUT2D eigenvalue weighted by molar-refractivity contribution is 5.77. The van der Waals surface area contributed by atoms with Gasteiger partial charge in [-0.1, -0.05) is 0 Å². The highest BCUT2D eigenvalue weighted by Gasteiger charge is 2.04. The second kappa shape index (κ2) is 6.33. The Morgan fingerprint density at radius 1 is 1.25 bits per heavy atom. The lowest BCUT2D eigenvalue weighted by Gasteiger charge is -1.97. The third-order valence-corrected chi connectivity index (χ3v) is 1.17. The number of hydrogen-bond donors (Lipinski definition) is 0. The van der Waals surface area contributed by atoms with Gasteiger partial charge in [0.25, 0.3) is 0 Å². The highest BCUT2D eigenvalue weighted by atomic mass is 16.6. The molecule has 0 aliphatic carbocycles. The van der Waals surface area contributed by atoms with Crippen LogP contribution in [0.5, 0.6) is 0 Å². The van der Waals surface area contributed by atoms with Crippen LogP contribution in [-0.4, -0.2) is 25.5 Å². The van der Waals surface area contributed by atoms with Gasteiger partial charge in [-0.15, -0.1) is 0 Å². The second-order valence-electron chi connectivity index (χ2n) is 2.02. The van der Waals surface area contributed by atoms with E-state index in [2.05, 4.69) is 9.47 Å². The van der Waals surface area contributed by atoms with Gasteiger partial charge < -0.3 is 9.47 Å². The maximum absolute atomic E-state index is 10.5. The molecule has 0 amide bonds. The zero-order valence-corrected chi connectivity index (χ0v) is 6.74. The third kappa shape index (κ3) is 5.40. The van der Waals surface area contributed by atoms with Crippen LogP contribution >= 0.6 is 0 Å². The SMILES string of the molecule is COC(=O)CCCC(=O)OC=O. The minimum Gasteiger partial charge on any atom is -0.469 e. The molecule has 0 atom stereocenters. The van der Waals surface area contributed by atoms with Crippen LogP contribution < -0.4 is 0 Å². The zero-order chi connectivity index (χ0) is 9.40. The Balaban J connectivity index is 3.36. The molecular formula is C7H10O5. The summed E-state index contributed by atoms with van der Waals surface area (Å²) in [6, 6.07) is 0. The fraction of sp³-hybridized carbons (Fsp3) is 0.571. The van der Waals surface area contributed by atoms with E-state index in [1.165, 1.54) is 7.11 Å². The summed E-state index contributed by atoms with van der Waals surface area (Å²) in [4.78, 5) is 30.6. The minimum absolute atomic E-state index is 0.0494. The van der Waals surface area contributed by atoms with Crippen LogP contribution in [0.4, 0.5) is 0 Å². The molecule has 0 unspecified atom stereocenters. The van der Waals surface area contributed by atoms with Crippen LogP contribution in [0.2, 0.25) is 0 Å². The van der Waals surface area contributed by atoms with Crippen LogP contribution in [0.25, 0.3) is 0 Å². The zero-order valence-electron chi connectivity index (χ0n) is 6.74. The largest absolute Gasteiger partial charge is 0.469 e. The minimum atomic E-state index is -0.631. The number of ether oxygens (including phenoxy) is 2. The summed E-state index contributed by atoms with van der Waals surface area (Å²) in [6.07, 6.45) is 0.539. The fourth-order valence-corrected chi connectivity index (χ4v) is 0.592. The quantitative estimate of drug-likeness (QED) is 0.334. The Kier molecular flexibility index (Phi) is 5.60. The first-order valence-electron chi connectivity index (χ1n) is 3.40. The Hall–Kier alpha value is -1.39. The van der Waals surface area contributed by atoms with Crippen molar-refractivity contribution in [1.82, 2.24) is 0 Å². The fourth-order valence-electron chi connectivity index (χ4n) is 0.592. The Bertz CT molecular complexity index is 175. The molecule has 0 heterocycles. The molecule has 0 spiro atoms. The van der Waals surface area contributed by atoms with Crippen molar-refractivity contribution in [3.63, 3.8) is 0 Å². The van der Waals surface area contributed by atoms with Crippen molar-refractivity contribution in [2.24, 2.45) is 0 Å². The predicted molar refractivity (Wildman–Crippen MR) is 38.0 cm³/mol. The van der Waals surface area contributed by atoms with E-state index in [9.17, 15) is 14.4 Å². The van der Waals surface area contributed by atoms with Gasteiger partial charge in [0.15, 0.2) is 0 Å². The molecule has 0 radical (unpaired) electrons. The van der Waals surface area contributed by atoms with Crippen molar-refractivity contribution < 1.29 is 23.9 Å². The van der Waals surface area contributed by atoms with Gasteiger partial charge in [0.2, 0.25) is 0 Å². The summed E-state index contributed by atoms with van der Waals surface area (Å²) >= 11 is 0. The van der Waals surface area contributed by atoms with Gasteiger partial charge in [-0.3, -0.25) is 14.4 Å². The summed E-state index contributed by atoms with van der Waals surface area (Å²) < 4.78 is 8.32. The summed E-state index contributed by atoms with van der Waals surface area (Å²) in [6.45, 7) is 0.0699. The maximum atomic E-state index is 10.5. The lowest BCUT2D eigenvalue weighted by Crippen LogP contribution is -2.05. The molecule has 0 aromatic carbocycles. The van der Waals surface area contributed by atoms with E-state index < -0.39 is 5.97 Å². The molecule has 0 N–H and O–H groups in total. The van der Waals surface area contributed by atoms with E-state index in [-0.39, 0.29) is 25.3 Å². The Morgan fingerprint density at radius 3 is 2.33 bits per heavy atom. The molecule has 0 aromatic heterocycles. The molecule has 0 aliphatic rings. The monoisotopic (exact) mass is 174 g/mol. The van der Waals surface area contributed by atoms with Gasteiger partial charge in [0, 0.05) is 12.8 Å². The van der Waals surface area contributed by atoms with E-state index in [1.807, 2.05) is 0 Å². The Labute approximate surface area is 69.6 Å². The van der Waals surface area contributed by atoms with Crippen LogP contribution in [0.1, 0.15) is 19.3 Å². The molecule has 12 heavy (non-hydrogen) atoms. The number of methoxy groups -OCH3 is 1. The van der Waals surface area contributed by atoms with Gasteiger partial charge in [0.1, 0.15) is 0 Å². The highest BCUT2D eigenvalue weighted by Crippen LogP contribution is 1.98. The van der Waals surface area contributed by atoms with E-state index in [0.29, 0.717) is 6.42 Å². The predicted octanol–water partition coefficient (Wildman–Crippen LogP) is 0.0293. The third-order valence-electron chi connectivity index (χ3n) is 1.17. The standard InChI is InChI=1S/C7H10O5/c1-11-6(9)3-2-4-7(10)12-5-8/h5H,2-4H2,1H3. The van der Waals surface area contributed by atoms with Crippen molar-refractivity contribution in [2.45, 2.75) is 19.3 Å².